The molecule has 1 atom stereocenters. The highest BCUT2D eigenvalue weighted by Crippen LogP contribution is 2.21. The molecule has 1 rings (SSSR count). The number of hydrogen-bond acceptors (Lipinski definition) is 6. The van der Waals surface area contributed by atoms with Crippen LogP contribution in [0.4, 0.5) is 0 Å². The van der Waals surface area contributed by atoms with Crippen molar-refractivity contribution in [1.29, 1.82) is 0 Å². The average molecular weight is 300 g/mol. The number of benzene rings is 1. The van der Waals surface area contributed by atoms with Crippen molar-refractivity contribution in [3.8, 4) is 5.75 Å². The summed E-state index contributed by atoms with van der Waals surface area (Å²) in [4.78, 5) is 10.9. The van der Waals surface area contributed by atoms with Gasteiger partial charge in [0.25, 0.3) is 0 Å². The van der Waals surface area contributed by atoms with E-state index >= 15 is 0 Å². The Hall–Kier alpha value is -1.24. The lowest BCUT2D eigenvalue weighted by molar-refractivity contribution is -0.140. The second-order valence-electron chi connectivity index (χ2n) is 4.18. The number of ether oxygens (including phenoxy) is 2. The Bertz CT molecular complexity index is 393. The van der Waals surface area contributed by atoms with Crippen LogP contribution in [0.2, 0.25) is 0 Å². The van der Waals surface area contributed by atoms with Crippen molar-refractivity contribution < 1.29 is 24.5 Å². The molecule has 0 saturated heterocycles. The number of carbonyl (C=O) groups is 1. The van der Waals surface area contributed by atoms with Crippen LogP contribution >= 0.6 is 12.6 Å². The molecule has 0 amide bonds. The third-order valence-corrected chi connectivity index (χ3v) is 2.90. The standard InChI is InChI=1S/C14H20O5S/c15-7-9-18-12-5-3-11(4-6-12)13(16)2-1-8-19-14(17)10-20/h3-6,13,15-16,20H,1-2,7-10H2/t13-/m1/s1. The molecule has 0 aliphatic rings. The molecule has 20 heavy (non-hydrogen) atoms. The van der Waals surface area contributed by atoms with Crippen LogP contribution < -0.4 is 4.74 Å². The number of hydrogen-bond donors (Lipinski definition) is 3. The fourth-order valence-corrected chi connectivity index (χ4v) is 1.72. The summed E-state index contributed by atoms with van der Waals surface area (Å²) >= 11 is 3.80. The predicted molar refractivity (Wildman–Crippen MR) is 78.0 cm³/mol. The molecule has 0 aromatic heterocycles. The normalized spacial score (nSPS) is 11.9. The zero-order valence-corrected chi connectivity index (χ0v) is 12.1. The van der Waals surface area contributed by atoms with E-state index in [1.165, 1.54) is 0 Å². The van der Waals surface area contributed by atoms with Crippen LogP contribution in [0.3, 0.4) is 0 Å². The molecular formula is C14H20O5S. The van der Waals surface area contributed by atoms with Gasteiger partial charge in [0.05, 0.1) is 25.1 Å². The highest BCUT2D eigenvalue weighted by molar-refractivity contribution is 7.81. The van der Waals surface area contributed by atoms with Crippen LogP contribution in [-0.4, -0.2) is 41.8 Å². The van der Waals surface area contributed by atoms with E-state index in [0.29, 0.717) is 18.6 Å². The summed E-state index contributed by atoms with van der Waals surface area (Å²) in [6.07, 6.45) is 0.497. The molecule has 0 aliphatic heterocycles. The molecule has 0 radical (unpaired) electrons. The Labute approximate surface area is 123 Å². The second-order valence-corrected chi connectivity index (χ2v) is 4.49. The maximum atomic E-state index is 10.9. The minimum absolute atomic E-state index is 0.0324. The SMILES string of the molecule is O=C(CS)OCCC[C@@H](O)c1ccc(OCCO)cc1. The van der Waals surface area contributed by atoms with Gasteiger partial charge in [-0.05, 0) is 30.5 Å². The summed E-state index contributed by atoms with van der Waals surface area (Å²) in [6, 6.07) is 7.04. The van der Waals surface area contributed by atoms with Crippen LogP contribution in [0.1, 0.15) is 24.5 Å². The van der Waals surface area contributed by atoms with Gasteiger partial charge >= 0.3 is 5.97 Å². The maximum absolute atomic E-state index is 10.9. The van der Waals surface area contributed by atoms with E-state index in [2.05, 4.69) is 12.6 Å². The number of carbonyl (C=O) groups excluding carboxylic acids is 1. The van der Waals surface area contributed by atoms with Gasteiger partial charge in [0.2, 0.25) is 0 Å². The number of esters is 1. The molecule has 0 fully saturated rings. The first kappa shape index (κ1) is 16.8. The van der Waals surface area contributed by atoms with Crippen LogP contribution in [0.25, 0.3) is 0 Å². The summed E-state index contributed by atoms with van der Waals surface area (Å²) in [6.45, 7) is 0.502. The molecule has 0 aliphatic carbocycles. The van der Waals surface area contributed by atoms with E-state index in [0.717, 1.165) is 5.56 Å². The van der Waals surface area contributed by atoms with Crippen LogP contribution in [0, 0.1) is 0 Å². The molecule has 5 nitrogen and oxygen atoms in total. The third kappa shape index (κ3) is 6.27. The molecule has 1 aromatic carbocycles. The quantitative estimate of drug-likeness (QED) is 0.364. The zero-order chi connectivity index (χ0) is 14.8. The average Bonchev–Trinajstić information content (AvgIpc) is 2.49. The highest BCUT2D eigenvalue weighted by Gasteiger charge is 2.08. The first-order chi connectivity index (χ1) is 9.67. The lowest BCUT2D eigenvalue weighted by Gasteiger charge is -2.12. The maximum Gasteiger partial charge on any atom is 0.315 e. The van der Waals surface area contributed by atoms with Crippen molar-refractivity contribution >= 4 is 18.6 Å². The molecule has 0 spiro atoms. The first-order valence-corrected chi connectivity index (χ1v) is 7.08. The van der Waals surface area contributed by atoms with E-state index < -0.39 is 6.10 Å². The number of aliphatic hydroxyl groups is 2. The fourth-order valence-electron chi connectivity index (χ4n) is 1.62. The molecular weight excluding hydrogens is 280 g/mol. The van der Waals surface area contributed by atoms with Gasteiger partial charge in [0, 0.05) is 0 Å². The van der Waals surface area contributed by atoms with Crippen molar-refractivity contribution in [2.75, 3.05) is 25.6 Å². The summed E-state index contributed by atoms with van der Waals surface area (Å²) in [5, 5.41) is 18.6. The first-order valence-electron chi connectivity index (χ1n) is 6.45. The molecule has 0 bridgehead atoms. The molecule has 0 saturated carbocycles. The summed E-state index contributed by atoms with van der Waals surface area (Å²) < 4.78 is 10.1. The van der Waals surface area contributed by atoms with Gasteiger partial charge in [-0.15, -0.1) is 0 Å². The van der Waals surface area contributed by atoms with E-state index in [9.17, 15) is 9.90 Å². The monoisotopic (exact) mass is 300 g/mol. The smallest absolute Gasteiger partial charge is 0.315 e. The third-order valence-electron chi connectivity index (χ3n) is 2.64. The minimum atomic E-state index is -0.600. The molecule has 1 aromatic rings. The minimum Gasteiger partial charge on any atom is -0.491 e. The topological polar surface area (TPSA) is 76.0 Å². The van der Waals surface area contributed by atoms with Gasteiger partial charge in [0.15, 0.2) is 0 Å². The van der Waals surface area contributed by atoms with Crippen LogP contribution in [0.15, 0.2) is 24.3 Å². The predicted octanol–water partition coefficient (Wildman–Crippen LogP) is 1.34. The molecule has 0 heterocycles. The van der Waals surface area contributed by atoms with Gasteiger partial charge in [0.1, 0.15) is 12.4 Å². The summed E-state index contributed by atoms with van der Waals surface area (Å²) in [5.41, 5.74) is 0.780. The fraction of sp³-hybridized carbons (Fsp3) is 0.500. The van der Waals surface area contributed by atoms with Gasteiger partial charge in [-0.1, -0.05) is 12.1 Å². The van der Waals surface area contributed by atoms with Crippen LogP contribution in [-0.2, 0) is 9.53 Å². The Morgan fingerprint density at radius 1 is 1.25 bits per heavy atom. The van der Waals surface area contributed by atoms with E-state index in [1.54, 1.807) is 24.3 Å². The molecule has 112 valence electrons. The van der Waals surface area contributed by atoms with Gasteiger partial charge < -0.3 is 19.7 Å². The Balaban J connectivity index is 2.32. The van der Waals surface area contributed by atoms with Crippen molar-refractivity contribution in [2.45, 2.75) is 18.9 Å². The Morgan fingerprint density at radius 2 is 1.95 bits per heavy atom. The van der Waals surface area contributed by atoms with E-state index in [1.807, 2.05) is 0 Å². The Morgan fingerprint density at radius 3 is 2.55 bits per heavy atom. The number of aliphatic hydroxyl groups excluding tert-OH is 2. The Kier molecular flexibility index (Phi) is 8.10. The van der Waals surface area contributed by atoms with Crippen molar-refractivity contribution in [3.63, 3.8) is 0 Å². The van der Waals surface area contributed by atoms with Gasteiger partial charge in [-0.3, -0.25) is 4.79 Å². The molecule has 2 N–H and O–H groups in total. The highest BCUT2D eigenvalue weighted by atomic mass is 32.1. The zero-order valence-electron chi connectivity index (χ0n) is 11.2. The molecule has 6 heteroatoms. The van der Waals surface area contributed by atoms with Gasteiger partial charge in [-0.25, -0.2) is 0 Å². The van der Waals surface area contributed by atoms with Gasteiger partial charge in [-0.2, -0.15) is 12.6 Å². The van der Waals surface area contributed by atoms with E-state index in [-0.39, 0.29) is 31.5 Å². The van der Waals surface area contributed by atoms with Crippen LogP contribution in [0.5, 0.6) is 5.75 Å². The van der Waals surface area contributed by atoms with Crippen molar-refractivity contribution in [3.05, 3.63) is 29.8 Å². The number of rotatable bonds is 9. The largest absolute Gasteiger partial charge is 0.491 e. The summed E-state index contributed by atoms with van der Waals surface area (Å²) in [5.74, 6) is 0.364. The van der Waals surface area contributed by atoms with Crippen molar-refractivity contribution in [2.24, 2.45) is 0 Å². The van der Waals surface area contributed by atoms with E-state index in [4.69, 9.17) is 14.6 Å². The van der Waals surface area contributed by atoms with Crippen molar-refractivity contribution in [1.82, 2.24) is 0 Å². The number of thiol groups is 1. The molecule has 0 unspecified atom stereocenters. The lowest BCUT2D eigenvalue weighted by atomic mass is 10.1. The second kappa shape index (κ2) is 9.63. The lowest BCUT2D eigenvalue weighted by Crippen LogP contribution is -2.08. The summed E-state index contributed by atoms with van der Waals surface area (Å²) in [7, 11) is 0.